The Hall–Kier alpha value is -2.53. The second-order valence-corrected chi connectivity index (χ2v) is 6.47. The third-order valence-electron chi connectivity index (χ3n) is 4.83. The van der Waals surface area contributed by atoms with Crippen LogP contribution in [0.25, 0.3) is 0 Å². The zero-order valence-corrected chi connectivity index (χ0v) is 13.8. The first-order chi connectivity index (χ1) is 11.7. The van der Waals surface area contributed by atoms with Gasteiger partial charge in [0.15, 0.2) is 11.6 Å². The van der Waals surface area contributed by atoms with Crippen LogP contribution in [-0.4, -0.2) is 37.4 Å². The highest BCUT2D eigenvalue weighted by atomic mass is 16.3. The van der Waals surface area contributed by atoms with Crippen LogP contribution in [0.5, 0.6) is 0 Å². The molecule has 0 bridgehead atoms. The Morgan fingerprint density at radius 1 is 1.38 bits per heavy atom. The molecule has 124 valence electrons. The molecule has 2 aliphatic heterocycles. The lowest BCUT2D eigenvalue weighted by molar-refractivity contribution is 0.354. The first kappa shape index (κ1) is 15.0. The number of aliphatic imine (C=N–C) groups is 1. The molecule has 5 heteroatoms. The van der Waals surface area contributed by atoms with Gasteiger partial charge in [0.25, 0.3) is 0 Å². The fraction of sp³-hybridized carbons (Fsp3) is 0.316. The van der Waals surface area contributed by atoms with Gasteiger partial charge >= 0.3 is 0 Å². The van der Waals surface area contributed by atoms with Gasteiger partial charge in [-0.05, 0) is 49.4 Å². The Balaban J connectivity index is 1.63. The van der Waals surface area contributed by atoms with Crippen molar-refractivity contribution >= 4 is 17.2 Å². The molecule has 1 unspecified atom stereocenters. The van der Waals surface area contributed by atoms with Crippen LogP contribution in [0, 0.1) is 0 Å². The molecule has 3 N–H and O–H groups in total. The van der Waals surface area contributed by atoms with E-state index in [2.05, 4.69) is 40.5 Å². The Kier molecular flexibility index (Phi) is 3.86. The summed E-state index contributed by atoms with van der Waals surface area (Å²) in [6, 6.07) is 9.87. The van der Waals surface area contributed by atoms with Crippen molar-refractivity contribution in [2.24, 2.45) is 10.7 Å². The first-order valence-corrected chi connectivity index (χ1v) is 8.34. The number of furan rings is 1. The zero-order chi connectivity index (χ0) is 16.5. The molecule has 5 nitrogen and oxygen atoms in total. The topological polar surface area (TPSA) is 66.8 Å². The molecule has 2 aliphatic rings. The van der Waals surface area contributed by atoms with E-state index in [0.717, 1.165) is 31.7 Å². The van der Waals surface area contributed by atoms with Crippen LogP contribution in [0.15, 0.2) is 57.7 Å². The average molecular weight is 322 g/mol. The molecule has 1 aromatic carbocycles. The number of hydrogen-bond donors (Lipinski definition) is 2. The Morgan fingerprint density at radius 2 is 2.29 bits per heavy atom. The highest BCUT2D eigenvalue weighted by Gasteiger charge is 2.27. The Morgan fingerprint density at radius 3 is 3.04 bits per heavy atom. The molecule has 0 radical (unpaired) electrons. The number of hydrogen-bond acceptors (Lipinski definition) is 4. The van der Waals surface area contributed by atoms with Gasteiger partial charge in [0.2, 0.25) is 0 Å². The molecule has 0 saturated heterocycles. The smallest absolute Gasteiger partial charge is 0.168 e. The summed E-state index contributed by atoms with van der Waals surface area (Å²) < 4.78 is 5.30. The molecule has 2 aromatic rings. The second kappa shape index (κ2) is 6.17. The van der Waals surface area contributed by atoms with Gasteiger partial charge in [0.1, 0.15) is 0 Å². The zero-order valence-electron chi connectivity index (χ0n) is 13.8. The van der Waals surface area contributed by atoms with Gasteiger partial charge in [0.05, 0.1) is 12.0 Å². The lowest BCUT2D eigenvalue weighted by Gasteiger charge is -2.25. The molecular formula is C19H22N4O. The predicted molar refractivity (Wildman–Crippen MR) is 97.0 cm³/mol. The monoisotopic (exact) mass is 322 g/mol. The largest absolute Gasteiger partial charge is 0.461 e. The van der Waals surface area contributed by atoms with E-state index in [1.165, 1.54) is 16.8 Å². The van der Waals surface area contributed by atoms with Crippen molar-refractivity contribution in [1.29, 1.82) is 0 Å². The van der Waals surface area contributed by atoms with E-state index in [1.807, 2.05) is 18.2 Å². The molecule has 0 fully saturated rings. The molecule has 0 aliphatic carbocycles. The fourth-order valence-corrected chi connectivity index (χ4v) is 3.44. The predicted octanol–water partition coefficient (Wildman–Crippen LogP) is 3.09. The Bertz CT molecular complexity index is 792. The molecule has 1 aromatic heterocycles. The van der Waals surface area contributed by atoms with Gasteiger partial charge in [-0.2, -0.15) is 0 Å². The summed E-state index contributed by atoms with van der Waals surface area (Å²) in [5.74, 6) is 1.44. The maximum Gasteiger partial charge on any atom is 0.168 e. The van der Waals surface area contributed by atoms with Crippen LogP contribution in [-0.2, 0) is 0 Å². The number of anilines is 1. The van der Waals surface area contributed by atoms with Crippen molar-refractivity contribution in [2.45, 2.75) is 12.3 Å². The molecular weight excluding hydrogens is 300 g/mol. The highest BCUT2D eigenvalue weighted by molar-refractivity contribution is 5.96. The van der Waals surface area contributed by atoms with Gasteiger partial charge in [-0.1, -0.05) is 11.6 Å². The fourth-order valence-electron chi connectivity index (χ4n) is 3.44. The van der Waals surface area contributed by atoms with Crippen LogP contribution in [0.3, 0.4) is 0 Å². The van der Waals surface area contributed by atoms with Gasteiger partial charge < -0.3 is 20.4 Å². The van der Waals surface area contributed by atoms with Gasteiger partial charge in [-0.15, -0.1) is 0 Å². The van der Waals surface area contributed by atoms with Gasteiger partial charge in [-0.25, -0.2) is 4.99 Å². The summed E-state index contributed by atoms with van der Waals surface area (Å²) in [7, 11) is 2.17. The minimum absolute atomic E-state index is 0.404. The van der Waals surface area contributed by atoms with E-state index in [4.69, 9.17) is 10.2 Å². The summed E-state index contributed by atoms with van der Waals surface area (Å²) in [6.07, 6.45) is 5.11. The third-order valence-corrected chi connectivity index (χ3v) is 4.83. The van der Waals surface area contributed by atoms with Gasteiger partial charge in [0, 0.05) is 31.2 Å². The summed E-state index contributed by atoms with van der Waals surface area (Å²) in [6.45, 7) is 3.12. The number of nitrogens with two attached hydrogens (primary N) is 1. The van der Waals surface area contributed by atoms with Crippen LogP contribution in [0.4, 0.5) is 11.4 Å². The van der Waals surface area contributed by atoms with Crippen molar-refractivity contribution in [3.05, 3.63) is 59.6 Å². The maximum absolute atomic E-state index is 6.03. The molecule has 0 amide bonds. The second-order valence-electron chi connectivity index (χ2n) is 6.47. The van der Waals surface area contributed by atoms with E-state index < -0.39 is 0 Å². The van der Waals surface area contributed by atoms with E-state index >= 15 is 0 Å². The molecule has 1 atom stereocenters. The van der Waals surface area contributed by atoms with Crippen molar-refractivity contribution in [3.8, 4) is 0 Å². The molecule has 3 heterocycles. The van der Waals surface area contributed by atoms with Crippen molar-refractivity contribution < 1.29 is 4.42 Å². The first-order valence-electron chi connectivity index (χ1n) is 8.34. The van der Waals surface area contributed by atoms with Crippen LogP contribution in [0.1, 0.15) is 23.7 Å². The van der Waals surface area contributed by atoms with Gasteiger partial charge in [-0.3, -0.25) is 0 Å². The number of rotatable bonds is 3. The number of benzene rings is 1. The summed E-state index contributed by atoms with van der Waals surface area (Å²) in [5.41, 5.74) is 10.9. The summed E-state index contributed by atoms with van der Waals surface area (Å²) in [5, 5.41) is 3.51. The summed E-state index contributed by atoms with van der Waals surface area (Å²) in [4.78, 5) is 6.86. The quantitative estimate of drug-likeness (QED) is 0.518. The van der Waals surface area contributed by atoms with Crippen LogP contribution < -0.4 is 11.1 Å². The average Bonchev–Trinajstić information content (AvgIpc) is 3.25. The maximum atomic E-state index is 6.03. The van der Waals surface area contributed by atoms with E-state index in [-0.39, 0.29) is 0 Å². The number of nitrogens with one attached hydrogen (secondary N) is 1. The van der Waals surface area contributed by atoms with Crippen LogP contribution in [0.2, 0.25) is 0 Å². The minimum Gasteiger partial charge on any atom is -0.461 e. The van der Waals surface area contributed by atoms with Crippen molar-refractivity contribution in [3.63, 3.8) is 0 Å². The van der Waals surface area contributed by atoms with E-state index in [9.17, 15) is 0 Å². The highest BCUT2D eigenvalue weighted by Crippen LogP contribution is 2.40. The normalized spacial score (nSPS) is 21.3. The molecule has 4 rings (SSSR count). The lowest BCUT2D eigenvalue weighted by atomic mass is 9.89. The van der Waals surface area contributed by atoms with E-state index in [0.29, 0.717) is 17.5 Å². The number of nitrogens with zero attached hydrogens (tertiary/aromatic N) is 2. The Labute approximate surface area is 141 Å². The SMILES string of the molecule is CN1CC=C(C2CNc3ccc(N=C(N)c4ccco4)cc32)CC1. The van der Waals surface area contributed by atoms with Crippen molar-refractivity contribution in [1.82, 2.24) is 4.90 Å². The van der Waals surface area contributed by atoms with E-state index in [1.54, 1.807) is 6.26 Å². The molecule has 0 spiro atoms. The number of likely N-dealkylation sites (N-methyl/N-ethyl adjacent to an activating group) is 1. The van der Waals surface area contributed by atoms with Crippen molar-refractivity contribution in [2.75, 3.05) is 32.0 Å². The summed E-state index contributed by atoms with van der Waals surface area (Å²) >= 11 is 0. The molecule has 24 heavy (non-hydrogen) atoms. The van der Waals surface area contributed by atoms with Crippen LogP contribution >= 0.6 is 0 Å². The third kappa shape index (κ3) is 2.83. The standard InChI is InChI=1S/C19H22N4O/c1-23-8-6-13(7-9-23)16-12-21-17-5-4-14(11-15(16)17)22-19(20)18-3-2-10-24-18/h2-6,10-11,16,21H,7-9,12H2,1H3,(H2,20,22). The number of fused-ring (bicyclic) bond motifs is 1. The molecule has 0 saturated carbocycles. The minimum atomic E-state index is 0.404. The number of amidine groups is 1. The lowest BCUT2D eigenvalue weighted by Crippen LogP contribution is -2.26.